The van der Waals surface area contributed by atoms with Crippen LogP contribution >= 0.6 is 0 Å². The van der Waals surface area contributed by atoms with Gasteiger partial charge in [-0.3, -0.25) is 9.69 Å². The van der Waals surface area contributed by atoms with Crippen molar-refractivity contribution in [3.63, 3.8) is 0 Å². The molecule has 0 aromatic heterocycles. The standard InChI is InChI=1S/C19H19NO4/c1-2-23-19(22)16-17(24-13-14-9-5-3-6-10-14)18(21)20(16)15-11-7-4-8-12-15/h3-12,16-17H,2,13H2,1H3/t16-,17-/m0/s1. The van der Waals surface area contributed by atoms with Gasteiger partial charge in [0.15, 0.2) is 12.1 Å². The molecule has 0 spiro atoms. The number of hydrogen-bond acceptors (Lipinski definition) is 4. The van der Waals surface area contributed by atoms with Crippen molar-refractivity contribution in [2.45, 2.75) is 25.7 Å². The molecule has 24 heavy (non-hydrogen) atoms. The van der Waals surface area contributed by atoms with Crippen LogP contribution in [0.3, 0.4) is 0 Å². The first kappa shape index (κ1) is 16.2. The molecule has 1 aliphatic rings. The quantitative estimate of drug-likeness (QED) is 0.605. The van der Waals surface area contributed by atoms with E-state index in [1.54, 1.807) is 19.1 Å². The maximum Gasteiger partial charge on any atom is 0.332 e. The Balaban J connectivity index is 1.75. The maximum absolute atomic E-state index is 12.5. The van der Waals surface area contributed by atoms with Gasteiger partial charge in [0.25, 0.3) is 5.91 Å². The molecule has 5 heteroatoms. The molecule has 0 radical (unpaired) electrons. The smallest absolute Gasteiger partial charge is 0.332 e. The van der Waals surface area contributed by atoms with Crippen LogP contribution in [-0.4, -0.2) is 30.6 Å². The summed E-state index contributed by atoms with van der Waals surface area (Å²) in [5.41, 5.74) is 1.62. The van der Waals surface area contributed by atoms with E-state index in [1.807, 2.05) is 48.5 Å². The summed E-state index contributed by atoms with van der Waals surface area (Å²) in [5.74, 6) is -0.672. The molecular formula is C19H19NO4. The van der Waals surface area contributed by atoms with Gasteiger partial charge >= 0.3 is 5.97 Å². The molecule has 3 rings (SSSR count). The van der Waals surface area contributed by atoms with E-state index in [0.717, 1.165) is 5.56 Å². The molecule has 0 N–H and O–H groups in total. The third-order valence-corrected chi connectivity index (χ3v) is 3.88. The molecule has 0 aliphatic carbocycles. The highest BCUT2D eigenvalue weighted by Gasteiger charge is 2.54. The van der Waals surface area contributed by atoms with Crippen molar-refractivity contribution in [2.24, 2.45) is 0 Å². The number of ether oxygens (including phenoxy) is 2. The molecule has 0 unspecified atom stereocenters. The zero-order valence-corrected chi connectivity index (χ0v) is 13.4. The third kappa shape index (κ3) is 3.16. The van der Waals surface area contributed by atoms with Gasteiger partial charge in [0.2, 0.25) is 0 Å². The van der Waals surface area contributed by atoms with E-state index < -0.39 is 18.1 Å². The number of carbonyl (C=O) groups excluding carboxylic acids is 2. The zero-order valence-electron chi connectivity index (χ0n) is 13.4. The van der Waals surface area contributed by atoms with Crippen LogP contribution in [0.25, 0.3) is 0 Å². The minimum Gasteiger partial charge on any atom is -0.464 e. The lowest BCUT2D eigenvalue weighted by Crippen LogP contribution is -2.69. The Morgan fingerprint density at radius 2 is 1.67 bits per heavy atom. The van der Waals surface area contributed by atoms with Gasteiger partial charge < -0.3 is 9.47 Å². The van der Waals surface area contributed by atoms with E-state index in [-0.39, 0.29) is 19.1 Å². The normalized spacial score (nSPS) is 19.7. The molecule has 2 atom stereocenters. The van der Waals surface area contributed by atoms with Gasteiger partial charge in [-0.15, -0.1) is 0 Å². The number of amides is 1. The fourth-order valence-corrected chi connectivity index (χ4v) is 2.72. The largest absolute Gasteiger partial charge is 0.464 e. The number of anilines is 1. The fraction of sp³-hybridized carbons (Fsp3) is 0.263. The first-order valence-electron chi connectivity index (χ1n) is 7.92. The Hall–Kier alpha value is -2.66. The van der Waals surface area contributed by atoms with Crippen LogP contribution in [0.4, 0.5) is 5.69 Å². The predicted molar refractivity (Wildman–Crippen MR) is 89.4 cm³/mol. The van der Waals surface area contributed by atoms with Crippen molar-refractivity contribution < 1.29 is 19.1 Å². The Morgan fingerprint density at radius 3 is 2.29 bits per heavy atom. The van der Waals surface area contributed by atoms with Crippen molar-refractivity contribution in [1.82, 2.24) is 0 Å². The van der Waals surface area contributed by atoms with Crippen LogP contribution in [0.1, 0.15) is 12.5 Å². The van der Waals surface area contributed by atoms with Gasteiger partial charge in [0.05, 0.1) is 13.2 Å². The Labute approximate surface area is 140 Å². The summed E-state index contributed by atoms with van der Waals surface area (Å²) in [6.45, 7) is 2.28. The lowest BCUT2D eigenvalue weighted by Gasteiger charge is -2.44. The second-order valence-corrected chi connectivity index (χ2v) is 5.46. The first-order chi connectivity index (χ1) is 11.7. The van der Waals surface area contributed by atoms with Crippen molar-refractivity contribution in [3.05, 3.63) is 66.2 Å². The molecule has 1 saturated heterocycles. The molecule has 2 aromatic rings. The van der Waals surface area contributed by atoms with Gasteiger partial charge in [0, 0.05) is 5.69 Å². The van der Waals surface area contributed by atoms with Gasteiger partial charge in [0.1, 0.15) is 0 Å². The molecule has 5 nitrogen and oxygen atoms in total. The number of benzene rings is 2. The van der Waals surface area contributed by atoms with E-state index >= 15 is 0 Å². The highest BCUT2D eigenvalue weighted by atomic mass is 16.5. The summed E-state index contributed by atoms with van der Waals surface area (Å²) in [5, 5.41) is 0. The highest BCUT2D eigenvalue weighted by Crippen LogP contribution is 2.31. The summed E-state index contributed by atoms with van der Waals surface area (Å²) in [6.07, 6.45) is -0.815. The number of hydrogen-bond donors (Lipinski definition) is 0. The SMILES string of the molecule is CCOC(=O)[C@@H]1[C@H](OCc2ccccc2)C(=O)N1c1ccccc1. The van der Waals surface area contributed by atoms with Crippen molar-refractivity contribution >= 4 is 17.6 Å². The monoisotopic (exact) mass is 325 g/mol. The topological polar surface area (TPSA) is 55.8 Å². The number of rotatable bonds is 6. The van der Waals surface area contributed by atoms with E-state index in [2.05, 4.69) is 0 Å². The van der Waals surface area contributed by atoms with Gasteiger partial charge in [-0.05, 0) is 24.6 Å². The lowest BCUT2D eigenvalue weighted by atomic mass is 9.96. The second-order valence-electron chi connectivity index (χ2n) is 5.46. The summed E-state index contributed by atoms with van der Waals surface area (Å²) >= 11 is 0. The van der Waals surface area contributed by atoms with Crippen LogP contribution in [0.2, 0.25) is 0 Å². The molecule has 2 aromatic carbocycles. The van der Waals surface area contributed by atoms with Crippen LogP contribution in [0, 0.1) is 0 Å². The van der Waals surface area contributed by atoms with Crippen molar-refractivity contribution in [1.29, 1.82) is 0 Å². The first-order valence-corrected chi connectivity index (χ1v) is 7.92. The lowest BCUT2D eigenvalue weighted by molar-refractivity contribution is -0.162. The van der Waals surface area contributed by atoms with Crippen molar-refractivity contribution in [2.75, 3.05) is 11.5 Å². The molecular weight excluding hydrogens is 306 g/mol. The molecule has 0 bridgehead atoms. The molecule has 1 aliphatic heterocycles. The Morgan fingerprint density at radius 1 is 1.04 bits per heavy atom. The summed E-state index contributed by atoms with van der Waals surface area (Å²) in [7, 11) is 0. The van der Waals surface area contributed by atoms with Crippen LogP contribution in [-0.2, 0) is 25.7 Å². The average Bonchev–Trinajstić information content (AvgIpc) is 2.61. The predicted octanol–water partition coefficient (Wildman–Crippen LogP) is 2.55. The fourth-order valence-electron chi connectivity index (χ4n) is 2.72. The highest BCUT2D eigenvalue weighted by molar-refractivity contribution is 6.12. The summed E-state index contributed by atoms with van der Waals surface area (Å²) in [4.78, 5) is 26.2. The van der Waals surface area contributed by atoms with Crippen LogP contribution in [0.15, 0.2) is 60.7 Å². The van der Waals surface area contributed by atoms with E-state index in [4.69, 9.17) is 9.47 Å². The average molecular weight is 325 g/mol. The molecule has 124 valence electrons. The zero-order chi connectivity index (χ0) is 16.9. The number of carbonyl (C=O) groups is 2. The number of esters is 1. The van der Waals surface area contributed by atoms with Crippen LogP contribution < -0.4 is 4.90 Å². The summed E-state index contributed by atoms with van der Waals surface area (Å²) < 4.78 is 10.8. The molecule has 1 amide bonds. The van der Waals surface area contributed by atoms with Gasteiger partial charge in [-0.25, -0.2) is 4.79 Å². The van der Waals surface area contributed by atoms with E-state index in [9.17, 15) is 9.59 Å². The second kappa shape index (κ2) is 7.27. The molecule has 1 fully saturated rings. The van der Waals surface area contributed by atoms with Crippen LogP contribution in [0.5, 0.6) is 0 Å². The van der Waals surface area contributed by atoms with Gasteiger partial charge in [-0.2, -0.15) is 0 Å². The Kier molecular flexibility index (Phi) is 4.91. The number of nitrogens with zero attached hydrogens (tertiary/aromatic N) is 1. The third-order valence-electron chi connectivity index (χ3n) is 3.88. The maximum atomic E-state index is 12.5. The number of para-hydroxylation sites is 1. The molecule has 1 heterocycles. The van der Waals surface area contributed by atoms with E-state index in [1.165, 1.54) is 4.90 Å². The minimum absolute atomic E-state index is 0.227. The summed E-state index contributed by atoms with van der Waals surface area (Å²) in [6, 6.07) is 17.9. The van der Waals surface area contributed by atoms with Gasteiger partial charge in [-0.1, -0.05) is 48.5 Å². The van der Waals surface area contributed by atoms with Crippen molar-refractivity contribution in [3.8, 4) is 0 Å². The van der Waals surface area contributed by atoms with E-state index in [0.29, 0.717) is 5.69 Å². The minimum atomic E-state index is -0.815. The molecule has 0 saturated carbocycles. The number of β-lactam (4-membered cyclic amide) rings is 1. The Bertz CT molecular complexity index is 702.